The first kappa shape index (κ1) is 15.1. The van der Waals surface area contributed by atoms with E-state index in [1.54, 1.807) is 4.90 Å². The van der Waals surface area contributed by atoms with Gasteiger partial charge in [0.15, 0.2) is 15.7 Å². The van der Waals surface area contributed by atoms with Crippen LogP contribution in [0.3, 0.4) is 0 Å². The number of carbonyl (C=O) groups is 1. The van der Waals surface area contributed by atoms with Crippen LogP contribution < -0.4 is 5.73 Å². The van der Waals surface area contributed by atoms with Crippen LogP contribution in [0, 0.1) is 5.41 Å². The van der Waals surface area contributed by atoms with Crippen molar-refractivity contribution in [3.8, 4) is 0 Å². The molecule has 0 bridgehead atoms. The Bertz CT molecular complexity index is 495. The van der Waals surface area contributed by atoms with Crippen LogP contribution in [0.5, 0.6) is 0 Å². The molecule has 1 saturated heterocycles. The molecule has 1 heterocycles. The van der Waals surface area contributed by atoms with E-state index in [0.29, 0.717) is 12.8 Å². The number of rotatable bonds is 2. The number of hydrogen-bond donors (Lipinski definition) is 2. The second-order valence-corrected chi connectivity index (χ2v) is 7.88. The highest BCUT2D eigenvalue weighted by atomic mass is 32.2. The number of hydrogen-bond acceptors (Lipinski definition) is 5. The molecule has 0 radical (unpaired) electrons. The van der Waals surface area contributed by atoms with Gasteiger partial charge in [0, 0.05) is 13.1 Å². The van der Waals surface area contributed by atoms with Crippen molar-refractivity contribution in [2.24, 2.45) is 16.3 Å². The summed E-state index contributed by atoms with van der Waals surface area (Å²) in [4.78, 5) is 14.3. The Morgan fingerprint density at radius 3 is 2.20 bits per heavy atom. The lowest BCUT2D eigenvalue weighted by Gasteiger charge is -2.39. The molecule has 1 amide bonds. The maximum absolute atomic E-state index is 12.7. The fourth-order valence-corrected chi connectivity index (χ4v) is 4.25. The maximum atomic E-state index is 12.7. The molecule has 2 rings (SSSR count). The Hall–Kier alpha value is -1.31. The van der Waals surface area contributed by atoms with E-state index in [-0.39, 0.29) is 36.3 Å². The van der Waals surface area contributed by atoms with Crippen molar-refractivity contribution >= 4 is 21.6 Å². The van der Waals surface area contributed by atoms with Crippen LogP contribution in [0.15, 0.2) is 5.16 Å². The summed E-state index contributed by atoms with van der Waals surface area (Å²) in [5, 5.41) is 12.0. The van der Waals surface area contributed by atoms with E-state index in [9.17, 15) is 13.2 Å². The lowest BCUT2D eigenvalue weighted by Crippen LogP contribution is -2.55. The molecule has 114 valence electrons. The van der Waals surface area contributed by atoms with E-state index >= 15 is 0 Å². The van der Waals surface area contributed by atoms with E-state index in [2.05, 4.69) is 5.16 Å². The van der Waals surface area contributed by atoms with Crippen molar-refractivity contribution in [1.82, 2.24) is 4.90 Å². The third-order valence-electron chi connectivity index (χ3n) is 4.35. The van der Waals surface area contributed by atoms with Crippen LogP contribution in [-0.4, -0.2) is 54.9 Å². The highest BCUT2D eigenvalue weighted by Crippen LogP contribution is 2.38. The van der Waals surface area contributed by atoms with E-state index < -0.39 is 15.3 Å². The quantitative estimate of drug-likeness (QED) is 0.321. The molecule has 8 heteroatoms. The zero-order valence-electron chi connectivity index (χ0n) is 11.4. The van der Waals surface area contributed by atoms with Crippen LogP contribution in [-0.2, 0) is 14.6 Å². The molecular formula is C12H21N3O4S. The predicted octanol–water partition coefficient (Wildman–Crippen LogP) is -0.0597. The van der Waals surface area contributed by atoms with Gasteiger partial charge < -0.3 is 15.8 Å². The highest BCUT2D eigenvalue weighted by Gasteiger charge is 2.46. The fraction of sp³-hybridized carbons (Fsp3) is 0.833. The van der Waals surface area contributed by atoms with Gasteiger partial charge in [0.1, 0.15) is 5.41 Å². The van der Waals surface area contributed by atoms with Crippen LogP contribution in [0.2, 0.25) is 0 Å². The molecule has 1 saturated carbocycles. The zero-order chi connectivity index (χ0) is 14.8. The average Bonchev–Trinajstić information content (AvgIpc) is 2.46. The zero-order valence-corrected chi connectivity index (χ0v) is 12.2. The summed E-state index contributed by atoms with van der Waals surface area (Å²) in [7, 11) is -3.03. The van der Waals surface area contributed by atoms with E-state index in [1.165, 1.54) is 0 Å². The van der Waals surface area contributed by atoms with Crippen molar-refractivity contribution in [2.75, 3.05) is 24.6 Å². The first-order chi connectivity index (χ1) is 9.41. The lowest BCUT2D eigenvalue weighted by molar-refractivity contribution is -0.139. The fourth-order valence-electron chi connectivity index (χ4n) is 3.05. The van der Waals surface area contributed by atoms with Crippen LogP contribution in [0.4, 0.5) is 0 Å². The van der Waals surface area contributed by atoms with E-state index in [1.807, 2.05) is 0 Å². The summed E-state index contributed by atoms with van der Waals surface area (Å²) in [6.45, 7) is 0.392. The second-order valence-electron chi connectivity index (χ2n) is 5.57. The summed E-state index contributed by atoms with van der Waals surface area (Å²) in [5.41, 5.74) is 4.83. The molecule has 2 fully saturated rings. The van der Waals surface area contributed by atoms with E-state index in [4.69, 9.17) is 10.9 Å². The third kappa shape index (κ3) is 2.74. The number of carbonyl (C=O) groups excluding carboxylic acids is 1. The van der Waals surface area contributed by atoms with Crippen molar-refractivity contribution in [2.45, 2.75) is 32.1 Å². The third-order valence-corrected chi connectivity index (χ3v) is 5.96. The highest BCUT2D eigenvalue weighted by molar-refractivity contribution is 7.91. The van der Waals surface area contributed by atoms with Crippen molar-refractivity contribution < 1.29 is 18.4 Å². The Morgan fingerprint density at radius 1 is 1.15 bits per heavy atom. The monoisotopic (exact) mass is 303 g/mol. The number of nitrogens with zero attached hydrogens (tertiary/aromatic N) is 2. The molecule has 0 unspecified atom stereocenters. The van der Waals surface area contributed by atoms with Gasteiger partial charge in [-0.05, 0) is 12.8 Å². The number of oxime groups is 1. The molecule has 0 aromatic carbocycles. The average molecular weight is 303 g/mol. The second kappa shape index (κ2) is 5.59. The van der Waals surface area contributed by atoms with Crippen molar-refractivity contribution in [3.63, 3.8) is 0 Å². The van der Waals surface area contributed by atoms with Gasteiger partial charge in [-0.25, -0.2) is 8.42 Å². The predicted molar refractivity (Wildman–Crippen MR) is 74.2 cm³/mol. The molecule has 3 N–H and O–H groups in total. The molecular weight excluding hydrogens is 282 g/mol. The number of amidine groups is 1. The minimum Gasteiger partial charge on any atom is -0.409 e. The summed E-state index contributed by atoms with van der Waals surface area (Å²) in [6, 6.07) is 0. The Balaban J connectivity index is 2.20. The molecule has 0 aromatic heterocycles. The maximum Gasteiger partial charge on any atom is 0.236 e. The summed E-state index contributed by atoms with van der Waals surface area (Å²) in [6.07, 6.45) is 3.86. The van der Waals surface area contributed by atoms with Crippen LogP contribution in [0.1, 0.15) is 32.1 Å². The first-order valence-electron chi connectivity index (χ1n) is 6.89. The van der Waals surface area contributed by atoms with Crippen molar-refractivity contribution in [1.29, 1.82) is 0 Å². The molecule has 2 aliphatic rings. The molecule has 0 spiro atoms. The smallest absolute Gasteiger partial charge is 0.236 e. The largest absolute Gasteiger partial charge is 0.409 e. The molecule has 1 aliphatic heterocycles. The molecule has 7 nitrogen and oxygen atoms in total. The number of sulfone groups is 1. The Morgan fingerprint density at radius 2 is 1.70 bits per heavy atom. The van der Waals surface area contributed by atoms with Gasteiger partial charge >= 0.3 is 0 Å². The SMILES string of the molecule is NC(=NO)C1(C(=O)N2CCS(=O)(=O)CC2)CCCCC1. The van der Waals surface area contributed by atoms with Crippen molar-refractivity contribution in [3.05, 3.63) is 0 Å². The van der Waals surface area contributed by atoms with Gasteiger partial charge in [0.2, 0.25) is 5.91 Å². The minimum atomic E-state index is -3.03. The topological polar surface area (TPSA) is 113 Å². The first-order valence-corrected chi connectivity index (χ1v) is 8.71. The van der Waals surface area contributed by atoms with Gasteiger partial charge in [-0.2, -0.15) is 0 Å². The minimum absolute atomic E-state index is 0.00894. The van der Waals surface area contributed by atoms with Crippen LogP contribution in [0.25, 0.3) is 0 Å². The number of nitrogens with two attached hydrogens (primary N) is 1. The molecule has 20 heavy (non-hydrogen) atoms. The van der Waals surface area contributed by atoms with Gasteiger partial charge in [0.25, 0.3) is 0 Å². The van der Waals surface area contributed by atoms with Gasteiger partial charge in [-0.1, -0.05) is 24.4 Å². The standard InChI is InChI=1S/C12H21N3O4S/c13-10(14-17)12(4-2-1-3-5-12)11(16)15-6-8-20(18,19)9-7-15/h17H,1-9H2,(H2,13,14). The van der Waals surface area contributed by atoms with E-state index in [0.717, 1.165) is 19.3 Å². The Labute approximate surface area is 118 Å². The molecule has 1 aliphatic carbocycles. The van der Waals surface area contributed by atoms with Gasteiger partial charge in [0.05, 0.1) is 11.5 Å². The molecule has 0 aromatic rings. The van der Waals surface area contributed by atoms with Gasteiger partial charge in [-0.15, -0.1) is 0 Å². The summed E-state index contributed by atoms with van der Waals surface area (Å²) < 4.78 is 22.9. The Kier molecular flexibility index (Phi) is 4.22. The molecule has 0 atom stereocenters. The normalized spacial score (nSPS) is 26.2. The van der Waals surface area contributed by atoms with Gasteiger partial charge in [-0.3, -0.25) is 4.79 Å². The summed E-state index contributed by atoms with van der Waals surface area (Å²) in [5.74, 6) is -0.256. The number of amides is 1. The lowest BCUT2D eigenvalue weighted by atomic mass is 9.72. The summed E-state index contributed by atoms with van der Waals surface area (Å²) >= 11 is 0. The van der Waals surface area contributed by atoms with Crippen LogP contribution >= 0.6 is 0 Å².